The topological polar surface area (TPSA) is 75.6 Å². The molecule has 2 N–H and O–H groups in total. The molecule has 80 valence electrons. The molecule has 0 spiro atoms. The highest BCUT2D eigenvalue weighted by atomic mass is 35.5. The number of carboxylic acid groups (broad SMARTS) is 1. The van der Waals surface area contributed by atoms with Crippen LogP contribution in [0.15, 0.2) is 24.3 Å². The fourth-order valence-corrected chi connectivity index (χ4v) is 0.986. The number of para-hydroxylation sites is 1. The first-order valence-corrected chi connectivity index (χ1v) is 4.39. The van der Waals surface area contributed by atoms with Crippen molar-refractivity contribution < 1.29 is 19.4 Å². The van der Waals surface area contributed by atoms with Crippen LogP contribution < -0.4 is 10.1 Å². The number of benzene rings is 1. The zero-order chi connectivity index (χ0) is 11.3. The molecule has 1 aromatic carbocycles. The van der Waals surface area contributed by atoms with Crippen LogP contribution in [-0.2, 0) is 4.79 Å². The minimum absolute atomic E-state index is 0.182. The van der Waals surface area contributed by atoms with Crippen molar-refractivity contribution in [3.05, 3.63) is 29.3 Å². The van der Waals surface area contributed by atoms with Gasteiger partial charge in [0.1, 0.15) is 6.54 Å². The van der Waals surface area contributed by atoms with E-state index in [1.165, 1.54) is 6.07 Å². The van der Waals surface area contributed by atoms with Crippen molar-refractivity contribution in [3.63, 3.8) is 0 Å². The van der Waals surface area contributed by atoms with Crippen LogP contribution in [0.25, 0.3) is 0 Å². The first-order valence-electron chi connectivity index (χ1n) is 4.01. The second-order valence-corrected chi connectivity index (χ2v) is 2.97. The van der Waals surface area contributed by atoms with Gasteiger partial charge in [0.25, 0.3) is 0 Å². The smallest absolute Gasteiger partial charge is 0.413 e. The van der Waals surface area contributed by atoms with E-state index >= 15 is 0 Å². The number of hydrogen-bond donors (Lipinski definition) is 2. The zero-order valence-corrected chi connectivity index (χ0v) is 8.32. The molecule has 0 aliphatic carbocycles. The summed E-state index contributed by atoms with van der Waals surface area (Å²) in [6, 6.07) is 6.39. The van der Waals surface area contributed by atoms with Crippen LogP contribution in [0, 0.1) is 0 Å². The predicted octanol–water partition coefficient (Wildman–Crippen LogP) is 1.51. The number of carbonyl (C=O) groups is 2. The lowest BCUT2D eigenvalue weighted by molar-refractivity contribution is -0.135. The molecule has 6 heteroatoms. The molecule has 0 fully saturated rings. The Morgan fingerprint density at radius 1 is 1.40 bits per heavy atom. The molecule has 5 nitrogen and oxygen atoms in total. The molecule has 0 radical (unpaired) electrons. The summed E-state index contributed by atoms with van der Waals surface area (Å²) in [5.74, 6) is -0.965. The average molecular weight is 230 g/mol. The maximum absolute atomic E-state index is 11.0. The molecule has 1 aromatic rings. The lowest BCUT2D eigenvalue weighted by Crippen LogP contribution is -2.31. The quantitative estimate of drug-likeness (QED) is 0.824. The maximum atomic E-state index is 11.0. The third-order valence-electron chi connectivity index (χ3n) is 1.42. The molecule has 0 saturated heterocycles. The summed E-state index contributed by atoms with van der Waals surface area (Å²) >= 11 is 5.71. The first kappa shape index (κ1) is 11.3. The lowest BCUT2D eigenvalue weighted by Gasteiger charge is -2.05. The van der Waals surface area contributed by atoms with Crippen LogP contribution in [0.2, 0.25) is 5.02 Å². The minimum Gasteiger partial charge on any atom is -0.480 e. The summed E-state index contributed by atoms with van der Waals surface area (Å²) in [5, 5.41) is 10.6. The van der Waals surface area contributed by atoms with Crippen LogP contribution in [-0.4, -0.2) is 23.7 Å². The van der Waals surface area contributed by atoms with E-state index in [4.69, 9.17) is 21.4 Å². The van der Waals surface area contributed by atoms with Crippen LogP contribution >= 0.6 is 11.6 Å². The van der Waals surface area contributed by atoms with Crippen LogP contribution in [0.3, 0.4) is 0 Å². The van der Waals surface area contributed by atoms with Crippen molar-refractivity contribution in [2.24, 2.45) is 0 Å². The van der Waals surface area contributed by atoms with Crippen molar-refractivity contribution in [2.45, 2.75) is 0 Å². The molecule has 0 saturated carbocycles. The summed E-state index contributed by atoms with van der Waals surface area (Å²) in [6.45, 7) is -0.497. The largest absolute Gasteiger partial charge is 0.480 e. The summed E-state index contributed by atoms with van der Waals surface area (Å²) in [7, 11) is 0. The second kappa shape index (κ2) is 5.21. The van der Waals surface area contributed by atoms with Gasteiger partial charge in [0.05, 0.1) is 5.02 Å². The van der Waals surface area contributed by atoms with Gasteiger partial charge >= 0.3 is 12.1 Å². The van der Waals surface area contributed by atoms with E-state index in [2.05, 4.69) is 0 Å². The Hall–Kier alpha value is -1.75. The number of aliphatic carboxylic acids is 1. The highest BCUT2D eigenvalue weighted by Gasteiger charge is 2.08. The summed E-state index contributed by atoms with van der Waals surface area (Å²) in [4.78, 5) is 21.1. The van der Waals surface area contributed by atoms with Crippen molar-refractivity contribution >= 4 is 23.7 Å². The van der Waals surface area contributed by atoms with E-state index in [1.54, 1.807) is 18.2 Å². The Balaban J connectivity index is 2.52. The van der Waals surface area contributed by atoms with Crippen molar-refractivity contribution in [1.82, 2.24) is 5.32 Å². The van der Waals surface area contributed by atoms with Crippen molar-refractivity contribution in [2.75, 3.05) is 6.54 Å². The number of halogens is 1. The summed E-state index contributed by atoms with van der Waals surface area (Å²) < 4.78 is 4.75. The van der Waals surface area contributed by atoms with Gasteiger partial charge in [-0.1, -0.05) is 23.7 Å². The van der Waals surface area contributed by atoms with Gasteiger partial charge in [-0.2, -0.15) is 0 Å². The zero-order valence-electron chi connectivity index (χ0n) is 7.57. The van der Waals surface area contributed by atoms with Gasteiger partial charge in [-0.3, -0.25) is 4.79 Å². The van der Waals surface area contributed by atoms with E-state index in [0.29, 0.717) is 0 Å². The molecular formula is C9H8ClNO4. The number of nitrogens with one attached hydrogen (secondary N) is 1. The maximum Gasteiger partial charge on any atom is 0.413 e. The Morgan fingerprint density at radius 2 is 2.07 bits per heavy atom. The third kappa shape index (κ3) is 3.86. The highest BCUT2D eigenvalue weighted by Crippen LogP contribution is 2.22. The molecule has 1 amide bonds. The van der Waals surface area contributed by atoms with E-state index in [-0.39, 0.29) is 10.8 Å². The minimum atomic E-state index is -1.15. The number of amides is 1. The third-order valence-corrected chi connectivity index (χ3v) is 1.74. The van der Waals surface area contributed by atoms with Gasteiger partial charge in [-0.25, -0.2) is 4.79 Å². The molecule has 0 aliphatic heterocycles. The monoisotopic (exact) mass is 229 g/mol. The Bertz CT molecular complexity index is 380. The van der Waals surface area contributed by atoms with Gasteiger partial charge in [-0.05, 0) is 12.1 Å². The van der Waals surface area contributed by atoms with Gasteiger partial charge in [0.2, 0.25) is 0 Å². The van der Waals surface area contributed by atoms with Gasteiger partial charge in [0, 0.05) is 0 Å². The number of hydrogen-bond acceptors (Lipinski definition) is 3. The average Bonchev–Trinajstić information content (AvgIpc) is 2.18. The summed E-state index contributed by atoms with van der Waals surface area (Å²) in [6.07, 6.45) is -0.856. The van der Waals surface area contributed by atoms with Crippen LogP contribution in [0.4, 0.5) is 4.79 Å². The molecule has 0 heterocycles. The standard InChI is InChI=1S/C9H8ClNO4/c10-6-3-1-2-4-7(6)15-9(14)11-5-8(12)13/h1-4H,5H2,(H,11,14)(H,12,13). The first-order chi connectivity index (χ1) is 7.09. The van der Waals surface area contributed by atoms with Crippen LogP contribution in [0.1, 0.15) is 0 Å². The van der Waals surface area contributed by atoms with E-state index in [9.17, 15) is 9.59 Å². The molecule has 0 aromatic heterocycles. The molecule has 0 atom stereocenters. The molecule has 0 bridgehead atoms. The van der Waals surface area contributed by atoms with E-state index in [1.807, 2.05) is 5.32 Å². The Morgan fingerprint density at radius 3 is 2.67 bits per heavy atom. The Kier molecular flexibility index (Phi) is 3.93. The SMILES string of the molecule is O=C(O)CNC(=O)Oc1ccccc1Cl. The molecular weight excluding hydrogens is 222 g/mol. The summed E-state index contributed by atoms with van der Waals surface area (Å²) in [5.41, 5.74) is 0. The van der Waals surface area contributed by atoms with Gasteiger partial charge in [-0.15, -0.1) is 0 Å². The van der Waals surface area contributed by atoms with Crippen molar-refractivity contribution in [1.29, 1.82) is 0 Å². The number of carbonyl (C=O) groups excluding carboxylic acids is 1. The molecule has 1 rings (SSSR count). The molecule has 15 heavy (non-hydrogen) atoms. The normalized spacial score (nSPS) is 9.40. The van der Waals surface area contributed by atoms with Gasteiger partial charge < -0.3 is 15.2 Å². The van der Waals surface area contributed by atoms with Gasteiger partial charge in [0.15, 0.2) is 5.75 Å². The van der Waals surface area contributed by atoms with Crippen molar-refractivity contribution in [3.8, 4) is 5.75 Å². The van der Waals surface area contributed by atoms with E-state index in [0.717, 1.165) is 0 Å². The second-order valence-electron chi connectivity index (χ2n) is 2.57. The Labute approximate surface area is 90.6 Å². The lowest BCUT2D eigenvalue weighted by atomic mass is 10.3. The fraction of sp³-hybridized carbons (Fsp3) is 0.111. The fourth-order valence-electron chi connectivity index (χ4n) is 0.811. The number of carboxylic acids is 1. The van der Waals surface area contributed by atoms with E-state index < -0.39 is 18.6 Å². The number of rotatable bonds is 3. The molecule has 0 aliphatic rings. The highest BCUT2D eigenvalue weighted by molar-refractivity contribution is 6.32. The van der Waals surface area contributed by atoms with Crippen LogP contribution in [0.5, 0.6) is 5.75 Å². The molecule has 0 unspecified atom stereocenters. The number of ether oxygens (including phenoxy) is 1. The predicted molar refractivity (Wildman–Crippen MR) is 53.1 cm³/mol.